The summed E-state index contributed by atoms with van der Waals surface area (Å²) in [5.41, 5.74) is 3.88. The third-order valence-electron chi connectivity index (χ3n) is 7.78. The van der Waals surface area contributed by atoms with E-state index in [0.29, 0.717) is 30.1 Å². The van der Waals surface area contributed by atoms with Gasteiger partial charge < -0.3 is 10.2 Å². The summed E-state index contributed by atoms with van der Waals surface area (Å²) < 4.78 is 2.24. The van der Waals surface area contributed by atoms with E-state index in [1.165, 1.54) is 21.3 Å². The Hall–Kier alpha value is -0.950. The number of nitrogens with zero attached hydrogens (tertiary/aromatic N) is 2. The molecule has 2 aliphatic carbocycles. The molecule has 1 aromatic heterocycles. The normalized spacial score (nSPS) is 28.2. The second-order valence-electron chi connectivity index (χ2n) is 9.74. The summed E-state index contributed by atoms with van der Waals surface area (Å²) in [5, 5.41) is 4.15. The number of hydrogen-bond acceptors (Lipinski definition) is 3. The van der Waals surface area contributed by atoms with Crippen molar-refractivity contribution in [3.05, 3.63) is 61.3 Å². The van der Waals surface area contributed by atoms with Gasteiger partial charge in [-0.3, -0.25) is 9.78 Å². The quantitative estimate of drug-likeness (QED) is 0.432. The number of halogens is 3. The molecule has 1 amide bonds. The fourth-order valence-corrected chi connectivity index (χ4v) is 7.80. The van der Waals surface area contributed by atoms with Crippen LogP contribution in [0.2, 0.25) is 0 Å². The van der Waals surface area contributed by atoms with Crippen LogP contribution in [-0.4, -0.2) is 42.0 Å². The van der Waals surface area contributed by atoms with Crippen molar-refractivity contribution in [2.45, 2.75) is 44.4 Å². The third-order valence-corrected chi connectivity index (χ3v) is 9.21. The standard InChI is InChI=1S/C26H30Br2ClN3O/c27-20-12-19-2-1-18-13-21(29)14-22(28)24(18)25(26(19)31-15-20)17-5-9-32(10-6-17)23(33)11-16-3-7-30-8-4-16/h3,12-15,17-18,24-25,30H,1-2,4-11H2/t18?,24?,25-/m1/s1. The van der Waals surface area contributed by atoms with Crippen molar-refractivity contribution >= 4 is 49.4 Å². The molecule has 4 aliphatic rings. The number of allylic oxidation sites excluding steroid dienone is 4. The maximum atomic E-state index is 13.0. The summed E-state index contributed by atoms with van der Waals surface area (Å²) in [6, 6.07) is 2.25. The van der Waals surface area contributed by atoms with Crippen LogP contribution >= 0.6 is 43.5 Å². The van der Waals surface area contributed by atoms with Crippen LogP contribution in [0.1, 0.15) is 49.3 Å². The summed E-state index contributed by atoms with van der Waals surface area (Å²) in [6.07, 6.45) is 14.2. The highest BCUT2D eigenvalue weighted by molar-refractivity contribution is 9.11. The number of pyridine rings is 1. The Labute approximate surface area is 218 Å². The van der Waals surface area contributed by atoms with Gasteiger partial charge >= 0.3 is 0 Å². The first kappa shape index (κ1) is 23.8. The van der Waals surface area contributed by atoms with Crippen molar-refractivity contribution in [3.63, 3.8) is 0 Å². The molecule has 3 atom stereocenters. The van der Waals surface area contributed by atoms with E-state index in [2.05, 4.69) is 66.4 Å². The minimum absolute atomic E-state index is 0.288. The molecule has 1 saturated heterocycles. The summed E-state index contributed by atoms with van der Waals surface area (Å²) in [7, 11) is 0. The SMILES string of the molecule is O=C(CC1=CCNCC1)N1CCC([C@H]2c3ncc(Br)cc3CCC3C=C(Cl)C=C(Br)C32)CC1. The highest BCUT2D eigenvalue weighted by atomic mass is 79.9. The van der Waals surface area contributed by atoms with Crippen molar-refractivity contribution in [1.82, 2.24) is 15.2 Å². The number of carbonyl (C=O) groups is 1. The minimum atomic E-state index is 0.288. The molecule has 4 nitrogen and oxygen atoms in total. The number of likely N-dealkylation sites (tertiary alicyclic amines) is 1. The number of fused-ring (bicyclic) bond motifs is 2. The monoisotopic (exact) mass is 593 g/mol. The molecule has 0 saturated carbocycles. The van der Waals surface area contributed by atoms with Gasteiger partial charge in [0, 0.05) is 63.8 Å². The summed E-state index contributed by atoms with van der Waals surface area (Å²) in [5.74, 6) is 1.88. The smallest absolute Gasteiger partial charge is 0.226 e. The number of carbonyl (C=O) groups excluding carboxylic acids is 1. The Kier molecular flexibility index (Phi) is 7.46. The lowest BCUT2D eigenvalue weighted by Gasteiger charge is -2.41. The largest absolute Gasteiger partial charge is 0.342 e. The second-order valence-corrected chi connectivity index (χ2v) is 12.0. The highest BCUT2D eigenvalue weighted by Crippen LogP contribution is 2.52. The Bertz CT molecular complexity index is 1010. The first-order valence-corrected chi connectivity index (χ1v) is 14.0. The van der Waals surface area contributed by atoms with Crippen LogP contribution in [0, 0.1) is 17.8 Å². The number of rotatable bonds is 3. The number of aromatic nitrogens is 1. The minimum Gasteiger partial charge on any atom is -0.342 e. The van der Waals surface area contributed by atoms with Crippen LogP contribution in [0.4, 0.5) is 0 Å². The molecule has 2 aliphatic heterocycles. The maximum Gasteiger partial charge on any atom is 0.226 e. The molecule has 0 bridgehead atoms. The highest BCUT2D eigenvalue weighted by Gasteiger charge is 2.43. The molecule has 0 radical (unpaired) electrons. The lowest BCUT2D eigenvalue weighted by Crippen LogP contribution is -2.41. The van der Waals surface area contributed by atoms with Gasteiger partial charge in [-0.2, -0.15) is 0 Å². The van der Waals surface area contributed by atoms with E-state index in [4.69, 9.17) is 16.6 Å². The van der Waals surface area contributed by atoms with Crippen molar-refractivity contribution in [3.8, 4) is 0 Å². The lowest BCUT2D eigenvalue weighted by molar-refractivity contribution is -0.132. The van der Waals surface area contributed by atoms with Crippen LogP contribution in [0.25, 0.3) is 0 Å². The molecule has 0 aromatic carbocycles. The number of piperidine rings is 1. The Morgan fingerprint density at radius 3 is 2.76 bits per heavy atom. The van der Waals surface area contributed by atoms with Gasteiger partial charge in [0.15, 0.2) is 0 Å². The molecule has 3 heterocycles. The lowest BCUT2D eigenvalue weighted by atomic mass is 9.69. The summed E-state index contributed by atoms with van der Waals surface area (Å²) in [4.78, 5) is 20.0. The molecular weight excluding hydrogens is 566 g/mol. The number of nitrogens with one attached hydrogen (secondary N) is 1. The molecule has 33 heavy (non-hydrogen) atoms. The maximum absolute atomic E-state index is 13.0. The Morgan fingerprint density at radius 2 is 2.00 bits per heavy atom. The predicted molar refractivity (Wildman–Crippen MR) is 140 cm³/mol. The molecule has 1 N–H and O–H groups in total. The molecule has 5 rings (SSSR count). The van der Waals surface area contributed by atoms with E-state index in [9.17, 15) is 4.79 Å². The van der Waals surface area contributed by atoms with Gasteiger partial charge in [-0.1, -0.05) is 45.3 Å². The predicted octanol–water partition coefficient (Wildman–Crippen LogP) is 6.07. The van der Waals surface area contributed by atoms with E-state index >= 15 is 0 Å². The average Bonchev–Trinajstić information content (AvgIpc) is 2.96. The van der Waals surface area contributed by atoms with Gasteiger partial charge in [-0.05, 0) is 84.1 Å². The van der Waals surface area contributed by atoms with Crippen LogP contribution in [-0.2, 0) is 11.2 Å². The van der Waals surface area contributed by atoms with Crippen LogP contribution < -0.4 is 5.32 Å². The molecule has 1 aromatic rings. The molecule has 1 fully saturated rings. The third kappa shape index (κ3) is 5.19. The van der Waals surface area contributed by atoms with E-state index in [1.807, 2.05) is 6.20 Å². The van der Waals surface area contributed by atoms with Gasteiger partial charge in [0.1, 0.15) is 0 Å². The van der Waals surface area contributed by atoms with Crippen LogP contribution in [0.5, 0.6) is 0 Å². The molecule has 0 spiro atoms. The van der Waals surface area contributed by atoms with Gasteiger partial charge in [0.2, 0.25) is 5.91 Å². The number of hydrogen-bond donors (Lipinski definition) is 1. The average molecular weight is 596 g/mol. The van der Waals surface area contributed by atoms with E-state index in [0.717, 1.165) is 67.8 Å². The molecule has 2 unspecified atom stereocenters. The van der Waals surface area contributed by atoms with Crippen molar-refractivity contribution in [1.29, 1.82) is 0 Å². The van der Waals surface area contributed by atoms with E-state index < -0.39 is 0 Å². The Morgan fingerprint density at radius 1 is 1.18 bits per heavy atom. The van der Waals surface area contributed by atoms with Gasteiger partial charge in [0.25, 0.3) is 0 Å². The fourth-order valence-electron chi connectivity index (χ4n) is 6.13. The van der Waals surface area contributed by atoms with Gasteiger partial charge in [-0.15, -0.1) is 0 Å². The summed E-state index contributed by atoms with van der Waals surface area (Å²) in [6.45, 7) is 3.55. The van der Waals surface area contributed by atoms with Crippen LogP contribution in [0.3, 0.4) is 0 Å². The van der Waals surface area contributed by atoms with Crippen molar-refractivity contribution in [2.75, 3.05) is 26.2 Å². The molecule has 7 heteroatoms. The number of amides is 1. The van der Waals surface area contributed by atoms with Crippen molar-refractivity contribution < 1.29 is 4.79 Å². The van der Waals surface area contributed by atoms with Gasteiger partial charge in [-0.25, -0.2) is 0 Å². The number of aryl methyl sites for hydroxylation is 1. The van der Waals surface area contributed by atoms with E-state index in [-0.39, 0.29) is 5.91 Å². The van der Waals surface area contributed by atoms with Crippen molar-refractivity contribution in [2.24, 2.45) is 17.8 Å². The molecule has 176 valence electrons. The molecular formula is C26H30Br2ClN3O. The zero-order valence-corrected chi connectivity index (χ0v) is 22.6. The second kappa shape index (κ2) is 10.3. The first-order valence-electron chi connectivity index (χ1n) is 12.0. The topological polar surface area (TPSA) is 45.2 Å². The summed E-state index contributed by atoms with van der Waals surface area (Å²) >= 11 is 14.0. The Balaban J connectivity index is 1.36. The first-order chi connectivity index (χ1) is 16.0. The zero-order valence-electron chi connectivity index (χ0n) is 18.7. The van der Waals surface area contributed by atoms with Gasteiger partial charge in [0.05, 0.1) is 0 Å². The fraction of sp³-hybridized carbons (Fsp3) is 0.538. The van der Waals surface area contributed by atoms with Crippen LogP contribution in [0.15, 0.2) is 50.1 Å². The zero-order chi connectivity index (χ0) is 22.9. The van der Waals surface area contributed by atoms with E-state index in [1.54, 1.807) is 0 Å².